The molecule has 8 nitrogen and oxygen atoms in total. The molecule has 0 spiro atoms. The van der Waals surface area contributed by atoms with Gasteiger partial charge in [0, 0.05) is 31.3 Å². The third kappa shape index (κ3) is 4.75. The Morgan fingerprint density at radius 2 is 2.00 bits per heavy atom. The first-order chi connectivity index (χ1) is 15.6. The number of nitrogens with one attached hydrogen (secondary N) is 2. The highest BCUT2D eigenvalue weighted by Crippen LogP contribution is 2.37. The maximum Gasteiger partial charge on any atom is 0.253 e. The minimum absolute atomic E-state index is 0.0404. The van der Waals surface area contributed by atoms with Crippen LogP contribution in [0.25, 0.3) is 0 Å². The fraction of sp³-hybridized carbons (Fsp3) is 0.364. The van der Waals surface area contributed by atoms with Crippen LogP contribution in [0.3, 0.4) is 0 Å². The maximum atomic E-state index is 14.9. The molecule has 4 rings (SSSR count). The van der Waals surface area contributed by atoms with E-state index in [9.17, 15) is 24.8 Å². The minimum atomic E-state index is -2.23. The summed E-state index contributed by atoms with van der Waals surface area (Å²) in [6.45, 7) is 2.02. The van der Waals surface area contributed by atoms with Crippen molar-refractivity contribution >= 4 is 29.4 Å². The Balaban J connectivity index is 1.50. The Morgan fingerprint density at radius 1 is 1.27 bits per heavy atom. The maximum absolute atomic E-state index is 14.9. The molecule has 178 valence electrons. The highest BCUT2D eigenvalue weighted by atomic mass is 32.2. The van der Waals surface area contributed by atoms with Gasteiger partial charge < -0.3 is 35.4 Å². The smallest absolute Gasteiger partial charge is 0.253 e. The first kappa shape index (κ1) is 24.0. The normalized spacial score (nSPS) is 21.4. The molecule has 2 aromatic rings. The summed E-state index contributed by atoms with van der Waals surface area (Å²) in [4.78, 5) is 3.32. The Kier molecular flexibility index (Phi) is 6.72. The summed E-state index contributed by atoms with van der Waals surface area (Å²) in [6, 6.07) is 11.5. The van der Waals surface area contributed by atoms with Gasteiger partial charge in [-0.1, -0.05) is 42.1 Å². The number of nitrogens with zero attached hydrogens (tertiary/aromatic N) is 2. The van der Waals surface area contributed by atoms with E-state index >= 15 is 0 Å². The minimum Gasteiger partial charge on any atom is -0.500 e. The van der Waals surface area contributed by atoms with Crippen LogP contribution in [-0.4, -0.2) is 57.1 Å². The summed E-state index contributed by atoms with van der Waals surface area (Å²) in [7, 11) is 1.66. The fourth-order valence-corrected chi connectivity index (χ4v) is 5.44. The van der Waals surface area contributed by atoms with Gasteiger partial charge in [-0.15, -0.1) is 0 Å². The molecule has 6 N–H and O–H groups in total. The van der Waals surface area contributed by atoms with E-state index in [-0.39, 0.29) is 24.6 Å². The highest BCUT2D eigenvalue weighted by molar-refractivity contribution is 8.03. The predicted molar refractivity (Wildman–Crippen MR) is 127 cm³/mol. The number of rotatable bonds is 7. The van der Waals surface area contributed by atoms with Crippen molar-refractivity contribution in [3.8, 4) is 0 Å². The van der Waals surface area contributed by atoms with Gasteiger partial charge in [0.05, 0.1) is 17.3 Å². The van der Waals surface area contributed by atoms with Crippen LogP contribution in [0.2, 0.25) is 0 Å². The number of hydrogen-bond donors (Lipinski definition) is 6. The third-order valence-corrected chi connectivity index (χ3v) is 7.60. The average molecular weight is 495 g/mol. The number of anilines is 1. The van der Waals surface area contributed by atoms with E-state index < -0.39 is 17.5 Å². The molecule has 0 saturated carbocycles. The van der Waals surface area contributed by atoms with E-state index in [1.54, 1.807) is 48.3 Å². The van der Waals surface area contributed by atoms with E-state index in [0.29, 0.717) is 27.8 Å². The molecule has 1 saturated heterocycles. The first-order valence-electron chi connectivity index (χ1n) is 10.4. The largest absolute Gasteiger partial charge is 0.500 e. The van der Waals surface area contributed by atoms with Gasteiger partial charge in [0.15, 0.2) is 16.6 Å². The van der Waals surface area contributed by atoms with Crippen molar-refractivity contribution in [2.75, 3.05) is 30.9 Å². The van der Waals surface area contributed by atoms with Gasteiger partial charge in [-0.05, 0) is 36.6 Å². The number of halogens is 1. The molecule has 1 unspecified atom stereocenters. The summed E-state index contributed by atoms with van der Waals surface area (Å²) in [5, 5.41) is 45.6. The third-order valence-electron chi connectivity index (χ3n) is 6.00. The van der Waals surface area contributed by atoms with Crippen LogP contribution >= 0.6 is 23.7 Å². The average Bonchev–Trinajstić information content (AvgIpc) is 3.41. The number of β-amino-alcohol motifs (C(OH)–C–C–N with tert-alkyl or cyclic N) is 1. The van der Waals surface area contributed by atoms with Crippen LogP contribution in [0.4, 0.5) is 10.1 Å². The lowest BCUT2D eigenvalue weighted by Gasteiger charge is -2.38. The number of likely N-dealkylation sites (N-methyl/N-ethyl adjacent to an activating group) is 1. The van der Waals surface area contributed by atoms with Crippen LogP contribution in [-0.2, 0) is 5.91 Å². The lowest BCUT2D eigenvalue weighted by Crippen LogP contribution is -2.52. The predicted octanol–water partition coefficient (Wildman–Crippen LogP) is 2.33. The standard InChI is InChI=1S/C22H27FN4O4S2/c1-14-10-18(33-25-19-20(28)32-13-24-19)16(23)11-17(14)26(2)21(29)8-9-27(12-21)22(30,31)15-6-4-3-5-7-15/h3-7,10-11,24-25,28-31H,8-9,12-13H2,1-2H3. The molecule has 2 aromatic carbocycles. The Labute approximate surface area is 200 Å². The van der Waals surface area contributed by atoms with E-state index in [2.05, 4.69) is 10.0 Å². The summed E-state index contributed by atoms with van der Waals surface area (Å²) in [5.41, 5.74) is 0.129. The topological polar surface area (TPSA) is 111 Å². The second-order valence-corrected chi connectivity index (χ2v) is 9.95. The van der Waals surface area contributed by atoms with E-state index in [0.717, 1.165) is 17.5 Å². The van der Waals surface area contributed by atoms with Crippen LogP contribution in [0.5, 0.6) is 0 Å². The molecule has 0 amide bonds. The Morgan fingerprint density at radius 3 is 2.67 bits per heavy atom. The van der Waals surface area contributed by atoms with Crippen LogP contribution in [0.15, 0.2) is 58.3 Å². The summed E-state index contributed by atoms with van der Waals surface area (Å²) in [6.07, 6.45) is 0.245. The van der Waals surface area contributed by atoms with Crippen LogP contribution in [0.1, 0.15) is 17.5 Å². The monoisotopic (exact) mass is 494 g/mol. The zero-order valence-electron chi connectivity index (χ0n) is 18.2. The number of likely N-dealkylation sites (tertiary alicyclic amines) is 1. The van der Waals surface area contributed by atoms with Gasteiger partial charge in [0.25, 0.3) is 5.91 Å². The fourth-order valence-electron chi connectivity index (χ4n) is 3.98. The molecule has 1 atom stereocenters. The molecule has 0 aliphatic carbocycles. The number of thioether (sulfide) groups is 1. The molecule has 0 bridgehead atoms. The van der Waals surface area contributed by atoms with Crippen molar-refractivity contribution in [1.82, 2.24) is 14.9 Å². The molecular weight excluding hydrogens is 467 g/mol. The number of hydrogen-bond acceptors (Lipinski definition) is 10. The quantitative estimate of drug-likeness (QED) is 0.253. The van der Waals surface area contributed by atoms with Gasteiger partial charge in [0.2, 0.25) is 0 Å². The second-order valence-electron chi connectivity index (χ2n) is 8.13. The Bertz CT molecular complexity index is 1060. The molecule has 2 aliphatic heterocycles. The lowest BCUT2D eigenvalue weighted by atomic mass is 10.1. The second kappa shape index (κ2) is 9.24. The summed E-state index contributed by atoms with van der Waals surface area (Å²) in [5.74, 6) is -1.72. The molecular formula is C22H27FN4O4S2. The molecule has 2 heterocycles. The van der Waals surface area contributed by atoms with Gasteiger partial charge in [-0.2, -0.15) is 0 Å². The van der Waals surface area contributed by atoms with E-state index in [1.807, 2.05) is 6.92 Å². The first-order valence-corrected chi connectivity index (χ1v) is 12.2. The molecule has 0 aromatic heterocycles. The number of aryl methyl sites for hydroxylation is 1. The van der Waals surface area contributed by atoms with Crippen LogP contribution < -0.4 is 14.9 Å². The number of aliphatic hydroxyl groups is 4. The van der Waals surface area contributed by atoms with E-state index in [4.69, 9.17) is 0 Å². The van der Waals surface area contributed by atoms with Gasteiger partial charge in [-0.3, -0.25) is 0 Å². The molecule has 33 heavy (non-hydrogen) atoms. The SMILES string of the molecule is Cc1cc(SNC2=C(O)SCN2)c(F)cc1N(C)C1(O)CCN(C(O)(O)c2ccccc2)C1. The number of aliphatic hydroxyl groups excluding tert-OH is 1. The van der Waals surface area contributed by atoms with Gasteiger partial charge in [-0.25, -0.2) is 9.29 Å². The zero-order chi connectivity index (χ0) is 23.8. The Hall–Kier alpha value is -2.15. The van der Waals surface area contributed by atoms with Crippen molar-refractivity contribution in [3.05, 3.63) is 70.3 Å². The molecule has 1 fully saturated rings. The molecule has 11 heteroatoms. The molecule has 0 radical (unpaired) electrons. The van der Waals surface area contributed by atoms with Crippen LogP contribution in [0, 0.1) is 12.7 Å². The summed E-state index contributed by atoms with van der Waals surface area (Å²) >= 11 is 2.29. The highest BCUT2D eigenvalue weighted by Gasteiger charge is 2.47. The van der Waals surface area contributed by atoms with E-state index in [1.165, 1.54) is 22.7 Å². The molecule has 2 aliphatic rings. The summed E-state index contributed by atoms with van der Waals surface area (Å²) < 4.78 is 17.8. The lowest BCUT2D eigenvalue weighted by molar-refractivity contribution is -0.272. The van der Waals surface area contributed by atoms with Crippen molar-refractivity contribution in [3.63, 3.8) is 0 Å². The van der Waals surface area contributed by atoms with Gasteiger partial charge in [0.1, 0.15) is 5.82 Å². The van der Waals surface area contributed by atoms with Crippen molar-refractivity contribution in [1.29, 1.82) is 0 Å². The zero-order valence-corrected chi connectivity index (χ0v) is 19.9. The van der Waals surface area contributed by atoms with Crippen molar-refractivity contribution in [2.24, 2.45) is 0 Å². The van der Waals surface area contributed by atoms with Crippen molar-refractivity contribution in [2.45, 2.75) is 29.9 Å². The van der Waals surface area contributed by atoms with Crippen molar-refractivity contribution < 1.29 is 24.8 Å². The number of benzene rings is 2. The van der Waals surface area contributed by atoms with Gasteiger partial charge >= 0.3 is 0 Å².